The number of allylic oxidation sites excluding steroid dienone is 2. The van der Waals surface area contributed by atoms with Gasteiger partial charge in [0, 0.05) is 21.7 Å². The Kier molecular flexibility index (Phi) is 5.82. The highest BCUT2D eigenvalue weighted by molar-refractivity contribution is 5.79. The average Bonchev–Trinajstić information content (AvgIpc) is 2.43. The third-order valence-electron chi connectivity index (χ3n) is 4.01. The molecule has 0 bridgehead atoms. The fourth-order valence-electron chi connectivity index (χ4n) is 3.19. The summed E-state index contributed by atoms with van der Waals surface area (Å²) >= 11 is 0. The zero-order valence-corrected chi connectivity index (χ0v) is 14.9. The van der Waals surface area contributed by atoms with Crippen LogP contribution in [0, 0.1) is 21.7 Å². The molecule has 0 aliphatic carbocycles. The summed E-state index contributed by atoms with van der Waals surface area (Å²) in [4.78, 5) is 46.6. The van der Waals surface area contributed by atoms with Crippen molar-refractivity contribution in [3.8, 4) is 0 Å². The van der Waals surface area contributed by atoms with Crippen LogP contribution in [0.3, 0.4) is 0 Å². The van der Waals surface area contributed by atoms with E-state index < -0.39 is 21.7 Å². The minimum Gasteiger partial charge on any atom is -0.302 e. The number of aldehydes is 4. The zero-order valence-electron chi connectivity index (χ0n) is 14.9. The molecule has 22 heavy (non-hydrogen) atoms. The molecular weight excluding hydrogens is 280 g/mol. The van der Waals surface area contributed by atoms with E-state index in [9.17, 15) is 19.2 Å². The van der Waals surface area contributed by atoms with Gasteiger partial charge in [-0.1, -0.05) is 0 Å². The van der Waals surface area contributed by atoms with E-state index in [1.54, 1.807) is 55.4 Å². The van der Waals surface area contributed by atoms with Crippen molar-refractivity contribution >= 4 is 25.1 Å². The first-order valence-electron chi connectivity index (χ1n) is 7.35. The Hall–Kier alpha value is -1.58. The summed E-state index contributed by atoms with van der Waals surface area (Å²) in [5, 5.41) is 0. The lowest BCUT2D eigenvalue weighted by atomic mass is 9.59. The van der Waals surface area contributed by atoms with E-state index in [4.69, 9.17) is 0 Å². The third-order valence-corrected chi connectivity index (χ3v) is 4.01. The van der Waals surface area contributed by atoms with Gasteiger partial charge in [0.15, 0.2) is 0 Å². The molecule has 0 aliphatic heterocycles. The Labute approximate surface area is 133 Å². The molecule has 0 rings (SSSR count). The van der Waals surface area contributed by atoms with Gasteiger partial charge in [-0.3, -0.25) is 0 Å². The molecule has 0 fully saturated rings. The highest BCUT2D eigenvalue weighted by atomic mass is 16.1. The standard InChI is InChI=1S/C18H28O4/c1-15(2,9-19)13(16(3,4)10-20)14(17(5,6)11-21)18(7,8)12-22/h9-12H,1-8H3. The predicted octanol–water partition coefficient (Wildman–Crippen LogP) is 3.18. The van der Waals surface area contributed by atoms with Crippen molar-refractivity contribution in [2.24, 2.45) is 21.7 Å². The van der Waals surface area contributed by atoms with Gasteiger partial charge < -0.3 is 19.2 Å². The molecule has 0 unspecified atom stereocenters. The summed E-state index contributed by atoms with van der Waals surface area (Å²) in [5.41, 5.74) is -2.83. The maximum atomic E-state index is 11.6. The normalized spacial score (nSPS) is 13.3. The van der Waals surface area contributed by atoms with Gasteiger partial charge in [-0.2, -0.15) is 0 Å². The van der Waals surface area contributed by atoms with Gasteiger partial charge >= 0.3 is 0 Å². The van der Waals surface area contributed by atoms with E-state index in [-0.39, 0.29) is 0 Å². The Bertz CT molecular complexity index is 415. The molecule has 0 heterocycles. The summed E-state index contributed by atoms with van der Waals surface area (Å²) < 4.78 is 0. The van der Waals surface area contributed by atoms with E-state index in [0.29, 0.717) is 11.1 Å². The number of carbonyl (C=O) groups excluding carboxylic acids is 4. The summed E-state index contributed by atoms with van der Waals surface area (Å²) in [6.07, 6.45) is 3.04. The van der Waals surface area contributed by atoms with E-state index in [1.165, 1.54) is 0 Å². The molecule has 4 nitrogen and oxygen atoms in total. The van der Waals surface area contributed by atoms with Crippen LogP contribution in [0.15, 0.2) is 11.1 Å². The molecule has 0 amide bonds. The van der Waals surface area contributed by atoms with Crippen molar-refractivity contribution in [1.82, 2.24) is 0 Å². The Morgan fingerprint density at radius 2 is 0.591 bits per heavy atom. The summed E-state index contributed by atoms with van der Waals surface area (Å²) in [7, 11) is 0. The van der Waals surface area contributed by atoms with Gasteiger partial charge in [0.2, 0.25) is 0 Å². The fraction of sp³-hybridized carbons (Fsp3) is 0.667. The molecule has 0 radical (unpaired) electrons. The van der Waals surface area contributed by atoms with Crippen molar-refractivity contribution in [1.29, 1.82) is 0 Å². The molecule has 0 aromatic heterocycles. The van der Waals surface area contributed by atoms with Crippen LogP contribution in [-0.2, 0) is 19.2 Å². The van der Waals surface area contributed by atoms with Crippen LogP contribution in [0.1, 0.15) is 55.4 Å². The molecule has 0 saturated carbocycles. The second kappa shape index (κ2) is 6.27. The van der Waals surface area contributed by atoms with Gasteiger partial charge in [0.05, 0.1) is 0 Å². The van der Waals surface area contributed by atoms with Gasteiger partial charge in [0.25, 0.3) is 0 Å². The predicted molar refractivity (Wildman–Crippen MR) is 86.4 cm³/mol. The molecule has 0 N–H and O–H groups in total. The molecule has 0 aromatic carbocycles. The van der Waals surface area contributed by atoms with E-state index in [1.807, 2.05) is 0 Å². The van der Waals surface area contributed by atoms with Crippen LogP contribution in [0.2, 0.25) is 0 Å². The quantitative estimate of drug-likeness (QED) is 0.510. The SMILES string of the molecule is CC(C)(C=O)C(=C(C(C)(C)C=O)C(C)(C)C=O)C(C)(C)C=O. The largest absolute Gasteiger partial charge is 0.302 e. The minimum atomic E-state index is -0.972. The molecule has 124 valence electrons. The summed E-state index contributed by atoms with van der Waals surface area (Å²) in [6, 6.07) is 0. The zero-order chi connectivity index (χ0) is 18.0. The minimum absolute atomic E-state index is 0.527. The highest BCUT2D eigenvalue weighted by Crippen LogP contribution is 2.49. The average molecular weight is 308 g/mol. The van der Waals surface area contributed by atoms with Crippen LogP contribution in [-0.4, -0.2) is 25.1 Å². The second-order valence-electron chi connectivity index (χ2n) is 8.11. The fourth-order valence-corrected chi connectivity index (χ4v) is 3.19. The highest BCUT2D eigenvalue weighted by Gasteiger charge is 2.45. The number of carbonyl (C=O) groups is 4. The van der Waals surface area contributed by atoms with Gasteiger partial charge in [-0.05, 0) is 66.5 Å². The van der Waals surface area contributed by atoms with Crippen molar-refractivity contribution in [3.63, 3.8) is 0 Å². The molecule has 0 aromatic rings. The third kappa shape index (κ3) is 3.79. The lowest BCUT2D eigenvalue weighted by Gasteiger charge is -2.42. The lowest BCUT2D eigenvalue weighted by molar-refractivity contribution is -0.119. The molecule has 0 atom stereocenters. The maximum absolute atomic E-state index is 11.6. The van der Waals surface area contributed by atoms with Crippen LogP contribution in [0.25, 0.3) is 0 Å². The van der Waals surface area contributed by atoms with Crippen molar-refractivity contribution < 1.29 is 19.2 Å². The Morgan fingerprint density at radius 3 is 0.682 bits per heavy atom. The van der Waals surface area contributed by atoms with Gasteiger partial charge in [0.1, 0.15) is 25.1 Å². The molecular formula is C18H28O4. The van der Waals surface area contributed by atoms with Crippen LogP contribution >= 0.6 is 0 Å². The van der Waals surface area contributed by atoms with Gasteiger partial charge in [-0.25, -0.2) is 0 Å². The second-order valence-corrected chi connectivity index (χ2v) is 8.11. The van der Waals surface area contributed by atoms with Crippen LogP contribution in [0.5, 0.6) is 0 Å². The number of hydrogen-bond acceptors (Lipinski definition) is 4. The van der Waals surface area contributed by atoms with E-state index in [0.717, 1.165) is 25.1 Å². The molecule has 0 spiro atoms. The Balaban J connectivity index is 7.18. The molecule has 4 heteroatoms. The molecule has 0 saturated heterocycles. The summed E-state index contributed by atoms with van der Waals surface area (Å²) in [6.45, 7) is 13.6. The lowest BCUT2D eigenvalue weighted by Crippen LogP contribution is -2.40. The Morgan fingerprint density at radius 1 is 0.455 bits per heavy atom. The number of hydrogen-bond donors (Lipinski definition) is 0. The summed E-state index contributed by atoms with van der Waals surface area (Å²) in [5.74, 6) is 0. The van der Waals surface area contributed by atoms with E-state index >= 15 is 0 Å². The van der Waals surface area contributed by atoms with Crippen LogP contribution < -0.4 is 0 Å². The van der Waals surface area contributed by atoms with Crippen LogP contribution in [0.4, 0.5) is 0 Å². The first-order valence-corrected chi connectivity index (χ1v) is 7.35. The first kappa shape index (κ1) is 20.4. The van der Waals surface area contributed by atoms with Crippen molar-refractivity contribution in [2.45, 2.75) is 55.4 Å². The van der Waals surface area contributed by atoms with Crippen molar-refractivity contribution in [2.75, 3.05) is 0 Å². The number of rotatable bonds is 8. The smallest absolute Gasteiger partial charge is 0.129 e. The topological polar surface area (TPSA) is 68.3 Å². The van der Waals surface area contributed by atoms with Crippen molar-refractivity contribution in [3.05, 3.63) is 11.1 Å². The maximum Gasteiger partial charge on any atom is 0.129 e. The van der Waals surface area contributed by atoms with E-state index in [2.05, 4.69) is 0 Å². The monoisotopic (exact) mass is 308 g/mol. The first-order chi connectivity index (χ1) is 9.73. The molecule has 0 aliphatic rings. The van der Waals surface area contributed by atoms with Gasteiger partial charge in [-0.15, -0.1) is 0 Å².